The summed E-state index contributed by atoms with van der Waals surface area (Å²) in [5, 5.41) is 0. The molecule has 0 bridgehead atoms. The first-order valence-corrected chi connectivity index (χ1v) is 8.66. The molecule has 0 atom stereocenters. The summed E-state index contributed by atoms with van der Waals surface area (Å²) in [4.78, 5) is 22.5. The standard InChI is InChI=1S/C13H25O7P/c1-6-7-21(16,19-8-17-12(14)10(2)3)20-9-18-13(15)11(4)5/h10-11H,6-9H2,1-5H3. The maximum absolute atomic E-state index is 12.3. The van der Waals surface area contributed by atoms with Crippen LogP contribution in [0.1, 0.15) is 41.0 Å². The molecule has 7 nitrogen and oxygen atoms in total. The number of rotatable bonds is 10. The molecule has 0 heterocycles. The van der Waals surface area contributed by atoms with Gasteiger partial charge >= 0.3 is 19.5 Å². The molecule has 8 heteroatoms. The molecule has 0 aromatic heterocycles. The summed E-state index contributed by atoms with van der Waals surface area (Å²) in [6, 6.07) is 0. The summed E-state index contributed by atoms with van der Waals surface area (Å²) in [5.74, 6) is -1.51. The van der Waals surface area contributed by atoms with Crippen molar-refractivity contribution in [2.45, 2.75) is 41.0 Å². The Kier molecular flexibility index (Phi) is 9.49. The van der Waals surface area contributed by atoms with E-state index in [4.69, 9.17) is 18.5 Å². The molecular formula is C13H25O7P. The molecule has 0 radical (unpaired) electrons. The molecule has 0 amide bonds. The van der Waals surface area contributed by atoms with Gasteiger partial charge in [0.25, 0.3) is 0 Å². The lowest BCUT2D eigenvalue weighted by molar-refractivity contribution is -0.156. The van der Waals surface area contributed by atoms with Gasteiger partial charge < -0.3 is 9.47 Å². The zero-order valence-electron chi connectivity index (χ0n) is 13.3. The van der Waals surface area contributed by atoms with Gasteiger partial charge in [0.1, 0.15) is 0 Å². The number of esters is 2. The Balaban J connectivity index is 4.26. The first kappa shape index (κ1) is 20.1. The van der Waals surface area contributed by atoms with Crippen LogP contribution in [-0.2, 0) is 32.7 Å². The first-order chi connectivity index (χ1) is 9.72. The molecule has 0 aliphatic rings. The molecule has 0 aromatic carbocycles. The molecular weight excluding hydrogens is 299 g/mol. The summed E-state index contributed by atoms with van der Waals surface area (Å²) >= 11 is 0. The molecule has 0 fully saturated rings. The average Bonchev–Trinajstić information content (AvgIpc) is 2.38. The first-order valence-electron chi connectivity index (χ1n) is 6.93. The Labute approximate surface area is 125 Å². The third kappa shape index (κ3) is 8.86. The monoisotopic (exact) mass is 324 g/mol. The molecule has 0 N–H and O–H groups in total. The van der Waals surface area contributed by atoms with Crippen molar-refractivity contribution in [3.05, 3.63) is 0 Å². The number of carbonyl (C=O) groups is 2. The highest BCUT2D eigenvalue weighted by Gasteiger charge is 2.25. The van der Waals surface area contributed by atoms with Crippen molar-refractivity contribution in [1.29, 1.82) is 0 Å². The van der Waals surface area contributed by atoms with Gasteiger partial charge in [-0.1, -0.05) is 34.6 Å². The zero-order valence-corrected chi connectivity index (χ0v) is 14.2. The van der Waals surface area contributed by atoms with Crippen molar-refractivity contribution < 1.29 is 32.7 Å². The van der Waals surface area contributed by atoms with Crippen LogP contribution >= 0.6 is 7.60 Å². The highest BCUT2D eigenvalue weighted by Crippen LogP contribution is 2.48. The Bertz CT molecular complexity index is 349. The molecule has 0 spiro atoms. The van der Waals surface area contributed by atoms with Gasteiger partial charge in [-0.05, 0) is 6.42 Å². The topological polar surface area (TPSA) is 88.1 Å². The molecule has 0 saturated carbocycles. The Hall–Kier alpha value is -0.910. The van der Waals surface area contributed by atoms with Crippen molar-refractivity contribution in [3.63, 3.8) is 0 Å². The van der Waals surface area contributed by atoms with Gasteiger partial charge in [-0.3, -0.25) is 23.2 Å². The predicted molar refractivity (Wildman–Crippen MR) is 76.5 cm³/mol. The molecule has 0 rings (SSSR count). The van der Waals surface area contributed by atoms with Crippen LogP contribution in [0.3, 0.4) is 0 Å². The van der Waals surface area contributed by atoms with Gasteiger partial charge in [-0.2, -0.15) is 0 Å². The Morgan fingerprint density at radius 2 is 1.29 bits per heavy atom. The number of ether oxygens (including phenoxy) is 2. The van der Waals surface area contributed by atoms with Gasteiger partial charge in [0.05, 0.1) is 18.0 Å². The second-order valence-corrected chi connectivity index (χ2v) is 7.25. The highest BCUT2D eigenvalue weighted by molar-refractivity contribution is 7.53. The van der Waals surface area contributed by atoms with E-state index in [0.29, 0.717) is 6.42 Å². The molecule has 0 aliphatic carbocycles. The van der Waals surface area contributed by atoms with E-state index in [1.807, 2.05) is 0 Å². The second-order valence-electron chi connectivity index (χ2n) is 5.06. The van der Waals surface area contributed by atoms with E-state index in [2.05, 4.69) is 0 Å². The molecule has 0 aliphatic heterocycles. The summed E-state index contributed by atoms with van der Waals surface area (Å²) in [6.45, 7) is 7.61. The quantitative estimate of drug-likeness (QED) is 0.347. The molecule has 21 heavy (non-hydrogen) atoms. The Morgan fingerprint density at radius 3 is 1.57 bits per heavy atom. The maximum Gasteiger partial charge on any atom is 0.336 e. The third-order valence-corrected chi connectivity index (χ3v) is 4.33. The average molecular weight is 324 g/mol. The summed E-state index contributed by atoms with van der Waals surface area (Å²) in [6.07, 6.45) is 0.693. The van der Waals surface area contributed by atoms with Crippen LogP contribution < -0.4 is 0 Å². The van der Waals surface area contributed by atoms with Crippen LogP contribution in [0, 0.1) is 11.8 Å². The van der Waals surface area contributed by atoms with Crippen molar-refractivity contribution in [2.75, 3.05) is 19.7 Å². The van der Waals surface area contributed by atoms with E-state index in [9.17, 15) is 14.2 Å². The van der Waals surface area contributed by atoms with Crippen LogP contribution in [0.25, 0.3) is 0 Å². The molecule has 0 aromatic rings. The molecule has 0 saturated heterocycles. The van der Waals surface area contributed by atoms with E-state index in [0.717, 1.165) is 0 Å². The number of hydrogen-bond donors (Lipinski definition) is 0. The van der Waals surface area contributed by atoms with E-state index in [-0.39, 0.29) is 18.0 Å². The molecule has 0 unspecified atom stereocenters. The minimum Gasteiger partial charge on any atom is -0.438 e. The van der Waals surface area contributed by atoms with Crippen molar-refractivity contribution in [3.8, 4) is 0 Å². The van der Waals surface area contributed by atoms with E-state index < -0.39 is 33.1 Å². The van der Waals surface area contributed by atoms with Crippen molar-refractivity contribution in [1.82, 2.24) is 0 Å². The summed E-state index contributed by atoms with van der Waals surface area (Å²) in [5.41, 5.74) is 0. The second kappa shape index (κ2) is 9.92. The lowest BCUT2D eigenvalue weighted by Crippen LogP contribution is -2.16. The minimum atomic E-state index is -3.45. The van der Waals surface area contributed by atoms with Gasteiger partial charge in [0, 0.05) is 0 Å². The number of hydrogen-bond acceptors (Lipinski definition) is 7. The van der Waals surface area contributed by atoms with Gasteiger partial charge in [0.2, 0.25) is 13.6 Å². The minimum absolute atomic E-state index is 0.144. The summed E-state index contributed by atoms with van der Waals surface area (Å²) < 4.78 is 31.9. The summed E-state index contributed by atoms with van der Waals surface area (Å²) in [7, 11) is -3.45. The Morgan fingerprint density at radius 1 is 0.905 bits per heavy atom. The van der Waals surface area contributed by atoms with Crippen LogP contribution in [-0.4, -0.2) is 31.7 Å². The fourth-order valence-corrected chi connectivity index (χ4v) is 2.41. The smallest absolute Gasteiger partial charge is 0.336 e. The predicted octanol–water partition coefficient (Wildman–Crippen LogP) is 2.94. The van der Waals surface area contributed by atoms with Crippen molar-refractivity contribution in [2.24, 2.45) is 11.8 Å². The van der Waals surface area contributed by atoms with E-state index >= 15 is 0 Å². The highest BCUT2D eigenvalue weighted by atomic mass is 31.2. The third-order valence-electron chi connectivity index (χ3n) is 2.34. The lowest BCUT2D eigenvalue weighted by Gasteiger charge is -2.18. The van der Waals surface area contributed by atoms with Crippen LogP contribution in [0.2, 0.25) is 0 Å². The normalized spacial score (nSPS) is 11.8. The fraction of sp³-hybridized carbons (Fsp3) is 0.846. The van der Waals surface area contributed by atoms with Crippen molar-refractivity contribution >= 4 is 19.5 Å². The largest absolute Gasteiger partial charge is 0.438 e. The maximum atomic E-state index is 12.3. The van der Waals surface area contributed by atoms with Crippen LogP contribution in [0.15, 0.2) is 0 Å². The van der Waals surface area contributed by atoms with Crippen LogP contribution in [0.4, 0.5) is 0 Å². The van der Waals surface area contributed by atoms with E-state index in [1.165, 1.54) is 0 Å². The van der Waals surface area contributed by atoms with Gasteiger partial charge in [-0.15, -0.1) is 0 Å². The van der Waals surface area contributed by atoms with Crippen LogP contribution in [0.5, 0.6) is 0 Å². The lowest BCUT2D eigenvalue weighted by atomic mass is 10.2. The number of carbonyl (C=O) groups excluding carboxylic acids is 2. The zero-order chi connectivity index (χ0) is 16.5. The van der Waals surface area contributed by atoms with Gasteiger partial charge in [-0.25, -0.2) is 0 Å². The SMILES string of the molecule is CCCP(=O)(OCOC(=O)C(C)C)OCOC(=O)C(C)C. The van der Waals surface area contributed by atoms with Gasteiger partial charge in [0.15, 0.2) is 0 Å². The van der Waals surface area contributed by atoms with E-state index in [1.54, 1.807) is 34.6 Å². The fourth-order valence-electron chi connectivity index (χ4n) is 1.10. The molecule has 124 valence electrons.